The first kappa shape index (κ1) is 12.2. The number of aromatic nitrogens is 2. The molecule has 18 heavy (non-hydrogen) atoms. The molecule has 0 spiro atoms. The summed E-state index contributed by atoms with van der Waals surface area (Å²) >= 11 is 5.05. The third-order valence-electron chi connectivity index (χ3n) is 3.59. The SMILES string of the molecule is O=c1[nH]c2sc(Br)c(C3CCCCC3)c2[nH]c1=O. The first-order valence-electron chi connectivity index (χ1n) is 6.11. The van der Waals surface area contributed by atoms with Crippen molar-refractivity contribution in [2.75, 3.05) is 0 Å². The number of aromatic amines is 2. The van der Waals surface area contributed by atoms with Gasteiger partial charge in [-0.3, -0.25) is 9.59 Å². The molecule has 96 valence electrons. The zero-order valence-electron chi connectivity index (χ0n) is 9.72. The smallest absolute Gasteiger partial charge is 0.314 e. The number of hydrogen-bond donors (Lipinski definition) is 2. The van der Waals surface area contributed by atoms with Crippen molar-refractivity contribution in [2.45, 2.75) is 38.0 Å². The number of nitrogens with one attached hydrogen (secondary N) is 2. The number of halogens is 1. The molecule has 2 aromatic rings. The summed E-state index contributed by atoms with van der Waals surface area (Å²) in [5.41, 5.74) is 0.836. The molecule has 1 fully saturated rings. The minimum atomic E-state index is -0.577. The van der Waals surface area contributed by atoms with E-state index in [0.29, 0.717) is 5.92 Å². The Balaban J connectivity index is 2.21. The number of thiophene rings is 1. The minimum Gasteiger partial charge on any atom is -0.315 e. The Labute approximate surface area is 116 Å². The van der Waals surface area contributed by atoms with Gasteiger partial charge in [0.1, 0.15) is 4.83 Å². The molecule has 0 atom stereocenters. The summed E-state index contributed by atoms with van der Waals surface area (Å²) in [5.74, 6) is 0.489. The van der Waals surface area contributed by atoms with Crippen LogP contribution in [0, 0.1) is 0 Å². The highest BCUT2D eigenvalue weighted by Gasteiger charge is 2.23. The first-order valence-corrected chi connectivity index (χ1v) is 7.72. The van der Waals surface area contributed by atoms with Crippen LogP contribution < -0.4 is 11.1 Å². The van der Waals surface area contributed by atoms with Crippen LogP contribution in [0.5, 0.6) is 0 Å². The van der Waals surface area contributed by atoms with E-state index in [1.165, 1.54) is 36.2 Å². The molecule has 0 bridgehead atoms. The maximum atomic E-state index is 11.5. The van der Waals surface area contributed by atoms with Gasteiger partial charge in [-0.05, 0) is 34.7 Å². The molecular weight excluding hydrogens is 316 g/mol. The maximum absolute atomic E-state index is 11.5. The van der Waals surface area contributed by atoms with Crippen molar-refractivity contribution in [3.63, 3.8) is 0 Å². The van der Waals surface area contributed by atoms with Gasteiger partial charge in [0.05, 0.1) is 9.30 Å². The van der Waals surface area contributed by atoms with Crippen molar-refractivity contribution >= 4 is 37.6 Å². The van der Waals surface area contributed by atoms with Crippen LogP contribution in [0.2, 0.25) is 0 Å². The molecule has 0 aliphatic heterocycles. The molecule has 0 amide bonds. The molecule has 2 N–H and O–H groups in total. The van der Waals surface area contributed by atoms with E-state index >= 15 is 0 Å². The lowest BCUT2D eigenvalue weighted by Crippen LogP contribution is -2.28. The molecular formula is C12H13BrN2O2S. The third kappa shape index (κ3) is 1.97. The van der Waals surface area contributed by atoms with E-state index in [1.54, 1.807) is 0 Å². The van der Waals surface area contributed by atoms with Gasteiger partial charge in [0.15, 0.2) is 0 Å². The van der Waals surface area contributed by atoms with Crippen LogP contribution in [0.4, 0.5) is 0 Å². The van der Waals surface area contributed by atoms with Crippen LogP contribution in [-0.4, -0.2) is 9.97 Å². The molecule has 0 saturated heterocycles. The minimum absolute atomic E-state index is 0.489. The van der Waals surface area contributed by atoms with E-state index in [-0.39, 0.29) is 0 Å². The number of H-pyrrole nitrogens is 2. The second-order valence-electron chi connectivity index (χ2n) is 4.74. The van der Waals surface area contributed by atoms with Crippen LogP contribution in [-0.2, 0) is 0 Å². The van der Waals surface area contributed by atoms with E-state index < -0.39 is 11.1 Å². The molecule has 1 aliphatic rings. The monoisotopic (exact) mass is 328 g/mol. The lowest BCUT2D eigenvalue weighted by atomic mass is 9.85. The van der Waals surface area contributed by atoms with E-state index in [1.807, 2.05) is 0 Å². The fourth-order valence-electron chi connectivity index (χ4n) is 2.71. The molecule has 0 unspecified atom stereocenters. The van der Waals surface area contributed by atoms with Gasteiger partial charge in [-0.2, -0.15) is 0 Å². The molecule has 1 aliphatic carbocycles. The predicted octanol–water partition coefficient (Wildman–Crippen LogP) is 3.09. The van der Waals surface area contributed by atoms with Crippen LogP contribution in [0.1, 0.15) is 43.6 Å². The lowest BCUT2D eigenvalue weighted by molar-refractivity contribution is 0.445. The summed E-state index contributed by atoms with van der Waals surface area (Å²) in [5, 5.41) is 0. The van der Waals surface area contributed by atoms with E-state index in [0.717, 1.165) is 27.0 Å². The summed E-state index contributed by atoms with van der Waals surface area (Å²) < 4.78 is 1.03. The molecule has 1 saturated carbocycles. The van der Waals surface area contributed by atoms with Crippen molar-refractivity contribution < 1.29 is 0 Å². The normalized spacial score (nSPS) is 17.4. The number of rotatable bonds is 1. The highest BCUT2D eigenvalue weighted by Crippen LogP contribution is 2.43. The van der Waals surface area contributed by atoms with Gasteiger partial charge >= 0.3 is 11.1 Å². The third-order valence-corrected chi connectivity index (χ3v) is 5.41. The van der Waals surface area contributed by atoms with E-state index in [2.05, 4.69) is 25.9 Å². The molecule has 6 heteroatoms. The van der Waals surface area contributed by atoms with Crippen molar-refractivity contribution in [3.05, 3.63) is 30.1 Å². The van der Waals surface area contributed by atoms with Crippen LogP contribution in [0.3, 0.4) is 0 Å². The van der Waals surface area contributed by atoms with Crippen LogP contribution in [0.25, 0.3) is 10.3 Å². The standard InChI is InChI=1S/C12H13BrN2O2S/c13-9-7(6-4-2-1-3-5-6)8-12(18-9)15-11(17)10(16)14-8/h6H,1-5H2,(H,14,16)(H,15,17). The Bertz CT molecular complexity index is 694. The quantitative estimate of drug-likeness (QED) is 0.790. The Morgan fingerprint density at radius 1 is 1.06 bits per heavy atom. The predicted molar refractivity (Wildman–Crippen MR) is 76.6 cm³/mol. The fourth-order valence-corrected chi connectivity index (χ4v) is 4.69. The fraction of sp³-hybridized carbons (Fsp3) is 0.500. The summed E-state index contributed by atoms with van der Waals surface area (Å²) in [4.78, 5) is 28.9. The Kier molecular flexibility index (Phi) is 3.15. The highest BCUT2D eigenvalue weighted by atomic mass is 79.9. The number of hydrogen-bond acceptors (Lipinski definition) is 3. The zero-order chi connectivity index (χ0) is 12.7. The Hall–Kier alpha value is -0.880. The maximum Gasteiger partial charge on any atom is 0.314 e. The first-order chi connectivity index (χ1) is 8.66. The highest BCUT2D eigenvalue weighted by molar-refractivity contribution is 9.11. The summed E-state index contributed by atoms with van der Waals surface area (Å²) in [6, 6.07) is 0. The average Bonchev–Trinajstić information content (AvgIpc) is 2.66. The van der Waals surface area contributed by atoms with Gasteiger partial charge < -0.3 is 9.97 Å². The van der Waals surface area contributed by atoms with Gasteiger partial charge in [-0.1, -0.05) is 19.3 Å². The van der Waals surface area contributed by atoms with Crippen molar-refractivity contribution in [1.82, 2.24) is 9.97 Å². The average molecular weight is 329 g/mol. The van der Waals surface area contributed by atoms with Gasteiger partial charge in [0, 0.05) is 5.56 Å². The second kappa shape index (κ2) is 4.66. The van der Waals surface area contributed by atoms with Gasteiger partial charge in [0.2, 0.25) is 0 Å². The van der Waals surface area contributed by atoms with Crippen LogP contribution >= 0.6 is 27.3 Å². The lowest BCUT2D eigenvalue weighted by Gasteiger charge is -2.21. The van der Waals surface area contributed by atoms with Crippen molar-refractivity contribution in [1.29, 1.82) is 0 Å². The van der Waals surface area contributed by atoms with Crippen molar-refractivity contribution in [3.8, 4) is 0 Å². The zero-order valence-corrected chi connectivity index (χ0v) is 12.1. The Morgan fingerprint density at radius 3 is 2.44 bits per heavy atom. The molecule has 2 heterocycles. The molecule has 4 nitrogen and oxygen atoms in total. The van der Waals surface area contributed by atoms with Gasteiger partial charge in [-0.15, -0.1) is 11.3 Å². The summed E-state index contributed by atoms with van der Waals surface area (Å²) in [7, 11) is 0. The summed E-state index contributed by atoms with van der Waals surface area (Å²) in [6.07, 6.45) is 6.09. The van der Waals surface area contributed by atoms with Crippen LogP contribution in [0.15, 0.2) is 13.4 Å². The van der Waals surface area contributed by atoms with E-state index in [4.69, 9.17) is 0 Å². The summed E-state index contributed by atoms with van der Waals surface area (Å²) in [6.45, 7) is 0. The largest absolute Gasteiger partial charge is 0.315 e. The van der Waals surface area contributed by atoms with Gasteiger partial charge in [-0.25, -0.2) is 0 Å². The molecule has 0 aromatic carbocycles. The molecule has 3 rings (SSSR count). The van der Waals surface area contributed by atoms with Gasteiger partial charge in [0.25, 0.3) is 0 Å². The molecule has 2 aromatic heterocycles. The van der Waals surface area contributed by atoms with Crippen molar-refractivity contribution in [2.24, 2.45) is 0 Å². The topological polar surface area (TPSA) is 65.7 Å². The number of fused-ring (bicyclic) bond motifs is 1. The second-order valence-corrected chi connectivity index (χ2v) is 7.08. The van der Waals surface area contributed by atoms with E-state index in [9.17, 15) is 9.59 Å². The molecule has 0 radical (unpaired) electrons. The Morgan fingerprint density at radius 2 is 1.72 bits per heavy atom.